The first-order valence-corrected chi connectivity index (χ1v) is 10.3. The number of benzene rings is 2. The summed E-state index contributed by atoms with van der Waals surface area (Å²) in [6.45, 7) is 1.58. The number of hydrogen-bond donors (Lipinski definition) is 2. The Morgan fingerprint density at radius 1 is 1.04 bits per heavy atom. The lowest BCUT2D eigenvalue weighted by Gasteiger charge is -2.18. The van der Waals surface area contributed by atoms with Crippen LogP contribution in [0.3, 0.4) is 0 Å². The first-order chi connectivity index (χ1) is 12.8. The first kappa shape index (κ1) is 20.6. The summed E-state index contributed by atoms with van der Waals surface area (Å²) in [6.07, 6.45) is 0.324. The predicted octanol–water partition coefficient (Wildman–Crippen LogP) is 2.75. The maximum absolute atomic E-state index is 12.4. The molecule has 144 valence electrons. The Kier molecular flexibility index (Phi) is 7.12. The minimum absolute atomic E-state index is 0.0230. The van der Waals surface area contributed by atoms with Crippen LogP contribution in [-0.4, -0.2) is 31.2 Å². The molecule has 0 aliphatic carbocycles. The van der Waals surface area contributed by atoms with Gasteiger partial charge in [0.25, 0.3) is 0 Å². The number of sulfone groups is 1. The van der Waals surface area contributed by atoms with E-state index in [2.05, 4.69) is 5.32 Å². The van der Waals surface area contributed by atoms with Gasteiger partial charge in [0.15, 0.2) is 9.84 Å². The highest BCUT2D eigenvalue weighted by Gasteiger charge is 2.17. The topological polar surface area (TPSA) is 101 Å². The van der Waals surface area contributed by atoms with E-state index in [0.29, 0.717) is 12.0 Å². The molecule has 2 aromatic carbocycles. The van der Waals surface area contributed by atoms with Crippen LogP contribution in [0.1, 0.15) is 36.9 Å². The van der Waals surface area contributed by atoms with Crippen molar-refractivity contribution >= 4 is 21.7 Å². The Balaban J connectivity index is 2.05. The van der Waals surface area contributed by atoms with E-state index in [1.165, 1.54) is 12.1 Å². The van der Waals surface area contributed by atoms with Crippen molar-refractivity contribution in [3.8, 4) is 0 Å². The molecule has 1 amide bonds. The van der Waals surface area contributed by atoms with E-state index in [1.54, 1.807) is 19.1 Å². The van der Waals surface area contributed by atoms with Crippen LogP contribution in [-0.2, 0) is 25.8 Å². The van der Waals surface area contributed by atoms with Gasteiger partial charge in [-0.15, -0.1) is 0 Å². The molecule has 0 bridgehead atoms. The number of amides is 1. The summed E-state index contributed by atoms with van der Waals surface area (Å²) < 4.78 is 23.7. The van der Waals surface area contributed by atoms with Crippen LogP contribution >= 0.6 is 0 Å². The summed E-state index contributed by atoms with van der Waals surface area (Å²) in [5, 5.41) is 11.8. The summed E-state index contributed by atoms with van der Waals surface area (Å²) in [4.78, 5) is 23.5. The second-order valence-corrected chi connectivity index (χ2v) is 8.47. The van der Waals surface area contributed by atoms with Gasteiger partial charge in [-0.1, -0.05) is 49.4 Å². The highest BCUT2D eigenvalue weighted by Crippen LogP contribution is 2.19. The summed E-state index contributed by atoms with van der Waals surface area (Å²) in [5.41, 5.74) is 1.53. The number of nitrogens with one attached hydrogen (secondary N) is 1. The van der Waals surface area contributed by atoms with Crippen molar-refractivity contribution in [1.82, 2.24) is 5.32 Å². The van der Waals surface area contributed by atoms with Crippen LogP contribution in [0, 0.1) is 0 Å². The van der Waals surface area contributed by atoms with Crippen molar-refractivity contribution in [2.75, 3.05) is 5.75 Å². The van der Waals surface area contributed by atoms with E-state index in [1.807, 2.05) is 30.3 Å². The quantitative estimate of drug-likeness (QED) is 0.687. The molecule has 0 aliphatic heterocycles. The number of carboxylic acid groups (broad SMARTS) is 1. The van der Waals surface area contributed by atoms with Gasteiger partial charge in [0.2, 0.25) is 5.91 Å². The maximum Gasteiger partial charge on any atom is 0.303 e. The molecule has 1 atom stereocenters. The van der Waals surface area contributed by atoms with Crippen LogP contribution in [0.5, 0.6) is 0 Å². The predicted molar refractivity (Wildman–Crippen MR) is 102 cm³/mol. The summed E-state index contributed by atoms with van der Waals surface area (Å²) in [5.74, 6) is -1.15. The van der Waals surface area contributed by atoms with Crippen molar-refractivity contribution in [3.05, 3.63) is 65.7 Å². The number of carboxylic acids is 1. The van der Waals surface area contributed by atoms with Crippen LogP contribution in [0.4, 0.5) is 0 Å². The standard InChI is InChI=1S/C20H23NO5S/c1-2-27(25,26)17-10-8-15(9-11-17)14-19(22)21-18(12-13-20(23)24)16-6-4-3-5-7-16/h3-11,18H,2,12-14H2,1H3,(H,21,22)(H,23,24). The van der Waals surface area contributed by atoms with Gasteiger partial charge in [0.05, 0.1) is 23.1 Å². The third-order valence-corrected chi connectivity index (χ3v) is 5.96. The molecule has 6 nitrogen and oxygen atoms in total. The second kappa shape index (κ2) is 9.32. The zero-order chi connectivity index (χ0) is 19.9. The Labute approximate surface area is 159 Å². The number of hydrogen-bond acceptors (Lipinski definition) is 4. The van der Waals surface area contributed by atoms with Gasteiger partial charge in [-0.05, 0) is 29.7 Å². The van der Waals surface area contributed by atoms with Gasteiger partial charge < -0.3 is 10.4 Å². The lowest BCUT2D eigenvalue weighted by atomic mass is 10.0. The fourth-order valence-electron chi connectivity index (χ4n) is 2.69. The average Bonchev–Trinajstić information content (AvgIpc) is 2.66. The van der Waals surface area contributed by atoms with E-state index in [4.69, 9.17) is 5.11 Å². The molecule has 0 aromatic heterocycles. The number of carbonyl (C=O) groups excluding carboxylic acids is 1. The largest absolute Gasteiger partial charge is 0.481 e. The molecule has 2 aromatic rings. The normalized spacial score (nSPS) is 12.3. The lowest BCUT2D eigenvalue weighted by molar-refractivity contribution is -0.137. The highest BCUT2D eigenvalue weighted by atomic mass is 32.2. The van der Waals surface area contributed by atoms with E-state index < -0.39 is 21.8 Å². The van der Waals surface area contributed by atoms with Crippen LogP contribution < -0.4 is 5.32 Å². The zero-order valence-corrected chi connectivity index (χ0v) is 15.9. The van der Waals surface area contributed by atoms with Crippen molar-refractivity contribution in [1.29, 1.82) is 0 Å². The molecule has 0 fully saturated rings. The van der Waals surface area contributed by atoms with Crippen molar-refractivity contribution in [2.24, 2.45) is 0 Å². The molecule has 7 heteroatoms. The van der Waals surface area contributed by atoms with E-state index >= 15 is 0 Å². The van der Waals surface area contributed by atoms with Gasteiger partial charge in [-0.2, -0.15) is 0 Å². The van der Waals surface area contributed by atoms with Crippen molar-refractivity contribution in [2.45, 2.75) is 37.1 Å². The molecule has 27 heavy (non-hydrogen) atoms. The minimum atomic E-state index is -3.27. The van der Waals surface area contributed by atoms with Crippen molar-refractivity contribution < 1.29 is 23.1 Å². The Bertz CT molecular complexity index is 876. The number of carbonyl (C=O) groups is 2. The Morgan fingerprint density at radius 3 is 2.22 bits per heavy atom. The molecule has 2 N–H and O–H groups in total. The molecule has 0 aliphatic rings. The van der Waals surface area contributed by atoms with E-state index in [-0.39, 0.29) is 29.4 Å². The Hall–Kier alpha value is -2.67. The fourth-order valence-corrected chi connectivity index (χ4v) is 3.57. The smallest absolute Gasteiger partial charge is 0.303 e. The number of rotatable bonds is 9. The van der Waals surface area contributed by atoms with Gasteiger partial charge >= 0.3 is 5.97 Å². The third kappa shape index (κ3) is 6.21. The first-order valence-electron chi connectivity index (χ1n) is 8.69. The molecule has 0 heterocycles. The maximum atomic E-state index is 12.4. The molecular formula is C20H23NO5S. The van der Waals surface area contributed by atoms with Crippen LogP contribution in [0.15, 0.2) is 59.5 Å². The highest BCUT2D eigenvalue weighted by molar-refractivity contribution is 7.91. The van der Waals surface area contributed by atoms with Crippen LogP contribution in [0.2, 0.25) is 0 Å². The van der Waals surface area contributed by atoms with Crippen LogP contribution in [0.25, 0.3) is 0 Å². The molecule has 1 unspecified atom stereocenters. The fraction of sp³-hybridized carbons (Fsp3) is 0.300. The van der Waals surface area contributed by atoms with Gasteiger partial charge in [0, 0.05) is 6.42 Å². The lowest BCUT2D eigenvalue weighted by Crippen LogP contribution is -2.30. The van der Waals surface area contributed by atoms with Gasteiger partial charge in [0.1, 0.15) is 0 Å². The minimum Gasteiger partial charge on any atom is -0.481 e. The van der Waals surface area contributed by atoms with E-state index in [0.717, 1.165) is 5.56 Å². The monoisotopic (exact) mass is 389 g/mol. The summed E-state index contributed by atoms with van der Waals surface area (Å²) in [7, 11) is -3.27. The molecule has 0 radical (unpaired) electrons. The molecular weight excluding hydrogens is 366 g/mol. The average molecular weight is 389 g/mol. The second-order valence-electron chi connectivity index (χ2n) is 6.19. The third-order valence-electron chi connectivity index (χ3n) is 4.21. The van der Waals surface area contributed by atoms with Crippen molar-refractivity contribution in [3.63, 3.8) is 0 Å². The van der Waals surface area contributed by atoms with Gasteiger partial charge in [-0.3, -0.25) is 9.59 Å². The molecule has 0 spiro atoms. The summed E-state index contributed by atoms with van der Waals surface area (Å²) >= 11 is 0. The Morgan fingerprint density at radius 2 is 1.67 bits per heavy atom. The number of aliphatic carboxylic acids is 1. The molecule has 0 saturated carbocycles. The summed E-state index contributed by atoms with van der Waals surface area (Å²) in [6, 6.07) is 15.1. The SMILES string of the molecule is CCS(=O)(=O)c1ccc(CC(=O)NC(CCC(=O)O)c2ccccc2)cc1. The zero-order valence-electron chi connectivity index (χ0n) is 15.1. The van der Waals surface area contributed by atoms with E-state index in [9.17, 15) is 18.0 Å². The van der Waals surface area contributed by atoms with Gasteiger partial charge in [-0.25, -0.2) is 8.42 Å². The molecule has 0 saturated heterocycles. The molecule has 2 rings (SSSR count).